The summed E-state index contributed by atoms with van der Waals surface area (Å²) in [6.45, 7) is 2.09. The van der Waals surface area contributed by atoms with Crippen LogP contribution in [-0.2, 0) is 13.5 Å². The van der Waals surface area contributed by atoms with Crippen molar-refractivity contribution in [3.63, 3.8) is 0 Å². The first kappa shape index (κ1) is 16.1. The number of nitrogens with zero attached hydrogens (tertiary/aromatic N) is 1. The number of aromatic nitrogens is 2. The first-order valence-corrected chi connectivity index (χ1v) is 8.59. The molecule has 1 amide bonds. The van der Waals surface area contributed by atoms with Gasteiger partial charge in [-0.1, -0.05) is 37.3 Å². The second-order valence-electron chi connectivity index (χ2n) is 6.36. The lowest BCUT2D eigenvalue weighted by Crippen LogP contribution is -2.15. The second-order valence-corrected chi connectivity index (χ2v) is 6.36. The number of para-hydroxylation sites is 1. The Morgan fingerprint density at radius 3 is 2.54 bits per heavy atom. The molecule has 0 saturated carbocycles. The van der Waals surface area contributed by atoms with Gasteiger partial charge in [0.05, 0.1) is 16.4 Å². The fourth-order valence-corrected chi connectivity index (χ4v) is 3.33. The molecule has 0 aliphatic rings. The number of aromatic amines is 1. The van der Waals surface area contributed by atoms with Crippen LogP contribution < -0.4 is 10.9 Å². The van der Waals surface area contributed by atoms with Crippen molar-refractivity contribution in [1.82, 2.24) is 9.55 Å². The van der Waals surface area contributed by atoms with Gasteiger partial charge < -0.3 is 14.9 Å². The number of rotatable bonds is 3. The van der Waals surface area contributed by atoms with Crippen LogP contribution in [-0.4, -0.2) is 15.5 Å². The van der Waals surface area contributed by atoms with Crippen LogP contribution in [0.15, 0.2) is 59.4 Å². The van der Waals surface area contributed by atoms with Crippen molar-refractivity contribution < 1.29 is 4.79 Å². The van der Waals surface area contributed by atoms with Crippen molar-refractivity contribution in [1.29, 1.82) is 0 Å². The summed E-state index contributed by atoms with van der Waals surface area (Å²) in [6.07, 6.45) is 0.952. The number of aryl methyl sites for hydroxylation is 2. The molecule has 130 valence electrons. The minimum Gasteiger partial charge on any atom is -0.339 e. The van der Waals surface area contributed by atoms with Crippen molar-refractivity contribution in [2.45, 2.75) is 13.3 Å². The zero-order chi connectivity index (χ0) is 18.3. The highest BCUT2D eigenvalue weighted by atomic mass is 16.2. The van der Waals surface area contributed by atoms with Gasteiger partial charge in [0.2, 0.25) is 0 Å². The number of carbonyl (C=O) groups is 1. The summed E-state index contributed by atoms with van der Waals surface area (Å²) < 4.78 is 1.78. The normalized spacial score (nSPS) is 11.2. The van der Waals surface area contributed by atoms with Crippen LogP contribution in [0.3, 0.4) is 0 Å². The largest absolute Gasteiger partial charge is 0.339 e. The van der Waals surface area contributed by atoms with Crippen LogP contribution in [0, 0.1) is 0 Å². The predicted molar refractivity (Wildman–Crippen MR) is 105 cm³/mol. The average Bonchev–Trinajstić information content (AvgIpc) is 3.01. The Labute approximate surface area is 150 Å². The Morgan fingerprint density at radius 1 is 1.08 bits per heavy atom. The van der Waals surface area contributed by atoms with Gasteiger partial charge in [0.1, 0.15) is 5.69 Å². The molecule has 2 heterocycles. The third-order valence-electron chi connectivity index (χ3n) is 4.76. The smallest absolute Gasteiger partial charge is 0.272 e. The van der Waals surface area contributed by atoms with Crippen molar-refractivity contribution >= 4 is 33.4 Å². The van der Waals surface area contributed by atoms with Crippen LogP contribution in [0.25, 0.3) is 21.8 Å². The predicted octanol–water partition coefficient (Wildman–Crippen LogP) is 3.83. The number of amides is 1. The van der Waals surface area contributed by atoms with E-state index in [2.05, 4.69) is 17.2 Å². The van der Waals surface area contributed by atoms with E-state index in [1.54, 1.807) is 10.6 Å². The van der Waals surface area contributed by atoms with E-state index >= 15 is 0 Å². The Hall–Kier alpha value is -3.34. The number of carbonyl (C=O) groups excluding carboxylic acids is 1. The molecule has 0 saturated heterocycles. The molecule has 0 bridgehead atoms. The summed E-state index contributed by atoms with van der Waals surface area (Å²) in [5.41, 5.74) is 3.72. The van der Waals surface area contributed by atoms with Crippen molar-refractivity contribution in [2.24, 2.45) is 7.05 Å². The molecular weight excluding hydrogens is 326 g/mol. The molecule has 2 N–H and O–H groups in total. The molecule has 2 aromatic carbocycles. The van der Waals surface area contributed by atoms with Crippen LogP contribution in [0.2, 0.25) is 0 Å². The third kappa shape index (κ3) is 2.58. The van der Waals surface area contributed by atoms with Gasteiger partial charge in [-0.25, -0.2) is 0 Å². The first-order valence-electron chi connectivity index (χ1n) is 8.59. The molecule has 0 unspecified atom stereocenters. The number of hydrogen-bond acceptors (Lipinski definition) is 2. The minimum absolute atomic E-state index is 0.194. The molecule has 0 aliphatic heterocycles. The molecule has 26 heavy (non-hydrogen) atoms. The van der Waals surface area contributed by atoms with Crippen LogP contribution in [0.4, 0.5) is 5.69 Å². The van der Waals surface area contributed by atoms with Crippen molar-refractivity contribution in [2.75, 3.05) is 5.32 Å². The summed E-state index contributed by atoms with van der Waals surface area (Å²) in [4.78, 5) is 28.0. The van der Waals surface area contributed by atoms with E-state index < -0.39 is 0 Å². The fourth-order valence-electron chi connectivity index (χ4n) is 3.33. The number of fused-ring (bicyclic) bond motifs is 3. The molecule has 2 aromatic heterocycles. The van der Waals surface area contributed by atoms with Gasteiger partial charge in [0.15, 0.2) is 0 Å². The quantitative estimate of drug-likeness (QED) is 0.592. The van der Waals surface area contributed by atoms with Gasteiger partial charge in [-0.3, -0.25) is 9.59 Å². The molecular formula is C21H19N3O2. The minimum atomic E-state index is -0.239. The summed E-state index contributed by atoms with van der Waals surface area (Å²) in [7, 11) is 1.81. The maximum atomic E-state index is 12.8. The van der Waals surface area contributed by atoms with Gasteiger partial charge >= 0.3 is 0 Å². The van der Waals surface area contributed by atoms with Gasteiger partial charge in [0, 0.05) is 18.1 Å². The monoisotopic (exact) mass is 345 g/mol. The number of hydrogen-bond donors (Lipinski definition) is 2. The van der Waals surface area contributed by atoms with E-state index in [-0.39, 0.29) is 11.5 Å². The first-order chi connectivity index (χ1) is 12.6. The number of benzene rings is 2. The summed E-state index contributed by atoms with van der Waals surface area (Å²) >= 11 is 0. The SMILES string of the molecule is CCc1ccc(NC(=O)c2cc3c(=O)[nH]c4ccccc4c3n2C)cc1. The number of pyridine rings is 1. The van der Waals surface area contributed by atoms with E-state index in [9.17, 15) is 9.59 Å². The molecule has 0 fully saturated rings. The number of H-pyrrole nitrogens is 1. The fraction of sp³-hybridized carbons (Fsp3) is 0.143. The standard InChI is InChI=1S/C21H19N3O2/c1-3-13-8-10-14(11-9-13)22-21(26)18-12-16-19(24(18)2)15-6-4-5-7-17(15)23-20(16)25/h4-12H,3H2,1-2H3,(H,22,26)(H,23,25). The molecule has 4 rings (SSSR count). The van der Waals surface area contributed by atoms with Crippen LogP contribution >= 0.6 is 0 Å². The molecule has 5 nitrogen and oxygen atoms in total. The Bertz CT molecular complexity index is 1180. The third-order valence-corrected chi connectivity index (χ3v) is 4.76. The van der Waals surface area contributed by atoms with E-state index in [1.807, 2.05) is 55.6 Å². The lowest BCUT2D eigenvalue weighted by molar-refractivity contribution is 0.102. The average molecular weight is 345 g/mol. The molecule has 0 spiro atoms. The van der Waals surface area contributed by atoms with E-state index in [0.717, 1.165) is 28.5 Å². The Kier molecular flexibility index (Phi) is 3.84. The van der Waals surface area contributed by atoms with E-state index in [0.29, 0.717) is 11.1 Å². The van der Waals surface area contributed by atoms with Gasteiger partial charge in [0.25, 0.3) is 11.5 Å². The maximum Gasteiger partial charge on any atom is 0.272 e. The lowest BCUT2D eigenvalue weighted by atomic mass is 10.1. The highest BCUT2D eigenvalue weighted by molar-refractivity contribution is 6.10. The maximum absolute atomic E-state index is 12.8. The van der Waals surface area contributed by atoms with Crippen molar-refractivity contribution in [3.05, 3.63) is 76.2 Å². The van der Waals surface area contributed by atoms with Gasteiger partial charge in [-0.15, -0.1) is 0 Å². The Balaban J connectivity index is 1.80. The highest BCUT2D eigenvalue weighted by Crippen LogP contribution is 2.24. The van der Waals surface area contributed by atoms with Gasteiger partial charge in [-0.2, -0.15) is 0 Å². The van der Waals surface area contributed by atoms with E-state index in [1.165, 1.54) is 5.56 Å². The second kappa shape index (κ2) is 6.19. The lowest BCUT2D eigenvalue weighted by Gasteiger charge is -2.08. The molecule has 0 atom stereocenters. The number of nitrogens with one attached hydrogen (secondary N) is 2. The van der Waals surface area contributed by atoms with Crippen LogP contribution in [0.1, 0.15) is 23.0 Å². The summed E-state index contributed by atoms with van der Waals surface area (Å²) in [6, 6.07) is 17.0. The molecule has 0 aliphatic carbocycles. The summed E-state index contributed by atoms with van der Waals surface area (Å²) in [5, 5.41) is 4.33. The molecule has 4 aromatic rings. The van der Waals surface area contributed by atoms with Crippen LogP contribution in [0.5, 0.6) is 0 Å². The summed E-state index contributed by atoms with van der Waals surface area (Å²) in [5.74, 6) is -0.239. The highest BCUT2D eigenvalue weighted by Gasteiger charge is 2.17. The van der Waals surface area contributed by atoms with E-state index in [4.69, 9.17) is 0 Å². The van der Waals surface area contributed by atoms with Crippen molar-refractivity contribution in [3.8, 4) is 0 Å². The number of anilines is 1. The zero-order valence-corrected chi connectivity index (χ0v) is 14.7. The molecule has 5 heteroatoms. The Morgan fingerprint density at radius 2 is 1.81 bits per heavy atom. The topological polar surface area (TPSA) is 66.9 Å². The van der Waals surface area contributed by atoms with Gasteiger partial charge in [-0.05, 0) is 36.2 Å². The molecule has 0 radical (unpaired) electrons. The zero-order valence-electron chi connectivity index (χ0n) is 14.7.